The average molecular weight is 596 g/mol. The smallest absolute Gasteiger partial charge is 0.336 e. The maximum Gasteiger partial charge on any atom is 0.336 e. The van der Waals surface area contributed by atoms with Gasteiger partial charge in [-0.25, -0.2) is 13.8 Å². The number of nitrogens with one attached hydrogen (secondary N) is 1. The molecular formula is C32H23ClFN5O4. The molecule has 214 valence electrons. The Bertz CT molecular complexity index is 2180. The molecule has 0 atom stereocenters. The van der Waals surface area contributed by atoms with Gasteiger partial charge in [0.1, 0.15) is 23.0 Å². The van der Waals surface area contributed by atoms with Crippen LogP contribution in [0.25, 0.3) is 27.7 Å². The molecule has 11 heteroatoms. The van der Waals surface area contributed by atoms with E-state index in [0.29, 0.717) is 33.0 Å². The first-order valence-electron chi connectivity index (χ1n) is 13.2. The highest BCUT2D eigenvalue weighted by molar-refractivity contribution is 6.34. The molecular weight excluding hydrogens is 573 g/mol. The van der Waals surface area contributed by atoms with Gasteiger partial charge < -0.3 is 10.1 Å². The molecule has 5 aromatic rings. The van der Waals surface area contributed by atoms with Crippen molar-refractivity contribution >= 4 is 34.1 Å². The summed E-state index contributed by atoms with van der Waals surface area (Å²) in [6.07, 6.45) is 3.22. The first-order valence-corrected chi connectivity index (χ1v) is 13.6. The molecule has 0 aliphatic carbocycles. The zero-order valence-corrected chi connectivity index (χ0v) is 24.0. The molecule has 1 aliphatic heterocycles. The lowest BCUT2D eigenvalue weighted by molar-refractivity contribution is -0.115. The molecule has 6 rings (SSSR count). The lowest BCUT2D eigenvalue weighted by Gasteiger charge is -2.19. The van der Waals surface area contributed by atoms with E-state index in [1.54, 1.807) is 50.4 Å². The van der Waals surface area contributed by atoms with Crippen molar-refractivity contribution in [3.05, 3.63) is 114 Å². The number of anilines is 1. The number of carbonyl (C=O) groups excluding carboxylic acids is 1. The molecule has 2 aromatic heterocycles. The van der Waals surface area contributed by atoms with Gasteiger partial charge in [0.25, 0.3) is 5.56 Å². The van der Waals surface area contributed by atoms with Gasteiger partial charge in [0, 0.05) is 17.4 Å². The van der Waals surface area contributed by atoms with Gasteiger partial charge in [-0.3, -0.25) is 19.1 Å². The number of hydrogen-bond acceptors (Lipinski definition) is 6. The Labute approximate surface area is 249 Å². The highest BCUT2D eigenvalue weighted by Crippen LogP contribution is 2.38. The van der Waals surface area contributed by atoms with Crippen molar-refractivity contribution in [2.45, 2.75) is 26.8 Å². The van der Waals surface area contributed by atoms with Gasteiger partial charge in [-0.05, 0) is 84.1 Å². The van der Waals surface area contributed by atoms with Gasteiger partial charge in [0.15, 0.2) is 0 Å². The van der Waals surface area contributed by atoms with E-state index in [2.05, 4.69) is 10.3 Å². The molecule has 0 fully saturated rings. The van der Waals surface area contributed by atoms with Gasteiger partial charge in [-0.15, -0.1) is 0 Å². The molecule has 1 N–H and O–H groups in total. The first-order chi connectivity index (χ1) is 20.6. The van der Waals surface area contributed by atoms with Gasteiger partial charge in [-0.1, -0.05) is 11.6 Å². The lowest BCUT2D eigenvalue weighted by atomic mass is 9.99. The van der Waals surface area contributed by atoms with Crippen LogP contribution in [0.2, 0.25) is 5.02 Å². The highest BCUT2D eigenvalue weighted by atomic mass is 35.5. The van der Waals surface area contributed by atoms with Crippen molar-refractivity contribution in [1.29, 1.82) is 5.26 Å². The second kappa shape index (κ2) is 10.5. The number of aryl methyl sites for hydroxylation is 2. The molecule has 0 unspecified atom stereocenters. The van der Waals surface area contributed by atoms with E-state index in [-0.39, 0.29) is 46.8 Å². The van der Waals surface area contributed by atoms with Crippen LogP contribution in [0, 0.1) is 31.0 Å². The first kappa shape index (κ1) is 27.9. The van der Waals surface area contributed by atoms with Crippen molar-refractivity contribution in [3.63, 3.8) is 0 Å². The predicted molar refractivity (Wildman–Crippen MR) is 161 cm³/mol. The number of ether oxygens (including phenoxy) is 1. The number of benzene rings is 3. The SMILES string of the molecule is COc1cc(-c2cc3c(cc2Cl)NC(=O)C3)cc2c1c(=O)n(-c1cncc(C)c1)c(=O)n2Cc1cc(C#N)c(F)cc1C. The van der Waals surface area contributed by atoms with Crippen LogP contribution < -0.4 is 21.3 Å². The summed E-state index contributed by atoms with van der Waals surface area (Å²) >= 11 is 6.66. The van der Waals surface area contributed by atoms with Gasteiger partial charge >= 0.3 is 5.69 Å². The lowest BCUT2D eigenvalue weighted by Crippen LogP contribution is -2.39. The van der Waals surface area contributed by atoms with E-state index < -0.39 is 17.1 Å². The molecule has 0 bridgehead atoms. The Morgan fingerprint density at radius 3 is 2.60 bits per heavy atom. The number of fused-ring (bicyclic) bond motifs is 2. The summed E-state index contributed by atoms with van der Waals surface area (Å²) < 4.78 is 22.5. The molecule has 3 aromatic carbocycles. The average Bonchev–Trinajstić information content (AvgIpc) is 3.33. The van der Waals surface area contributed by atoms with E-state index >= 15 is 0 Å². The molecule has 0 spiro atoms. The van der Waals surface area contributed by atoms with Crippen LogP contribution in [0.4, 0.5) is 10.1 Å². The minimum Gasteiger partial charge on any atom is -0.496 e. The van der Waals surface area contributed by atoms with Crippen LogP contribution in [0.1, 0.15) is 27.8 Å². The summed E-state index contributed by atoms with van der Waals surface area (Å²) in [5.41, 5.74) is 3.35. The Morgan fingerprint density at radius 2 is 1.88 bits per heavy atom. The molecule has 0 radical (unpaired) electrons. The number of methoxy groups -OCH3 is 1. The monoisotopic (exact) mass is 595 g/mol. The number of halogens is 2. The third kappa shape index (κ3) is 4.73. The number of aromatic nitrogens is 3. The topological polar surface area (TPSA) is 119 Å². The van der Waals surface area contributed by atoms with Gasteiger partial charge in [-0.2, -0.15) is 5.26 Å². The van der Waals surface area contributed by atoms with E-state index in [1.807, 2.05) is 6.07 Å². The molecule has 1 amide bonds. The number of nitriles is 1. The highest BCUT2D eigenvalue weighted by Gasteiger charge is 2.24. The molecule has 9 nitrogen and oxygen atoms in total. The number of amides is 1. The van der Waals surface area contributed by atoms with Gasteiger partial charge in [0.05, 0.1) is 48.1 Å². The van der Waals surface area contributed by atoms with E-state index in [4.69, 9.17) is 16.3 Å². The minimum atomic E-state index is -0.667. The Morgan fingerprint density at radius 1 is 1.09 bits per heavy atom. The van der Waals surface area contributed by atoms with Crippen molar-refractivity contribution in [2.75, 3.05) is 12.4 Å². The standard InChI is InChI=1S/C32H23ClFN5O4/c1-16-4-22(14-36-13-16)39-31(41)30-27(38(32(39)42)15-21-6-20(12-35)25(34)5-17(21)2)8-18(9-28(30)43-3)23-7-19-10-29(40)37-26(19)11-24(23)33/h4-9,11,13-14H,10,15H2,1-3H3,(H,37,40). The Kier molecular flexibility index (Phi) is 6.83. The number of nitrogens with zero attached hydrogens (tertiary/aromatic N) is 4. The largest absolute Gasteiger partial charge is 0.496 e. The van der Waals surface area contributed by atoms with Crippen LogP contribution >= 0.6 is 11.6 Å². The van der Waals surface area contributed by atoms with Crippen LogP contribution in [-0.2, 0) is 17.8 Å². The quantitative estimate of drug-likeness (QED) is 0.304. The second-order valence-electron chi connectivity index (χ2n) is 10.4. The Balaban J connectivity index is 1.69. The minimum absolute atomic E-state index is 0.0847. The second-order valence-corrected chi connectivity index (χ2v) is 10.8. The number of pyridine rings is 1. The number of rotatable bonds is 5. The van der Waals surface area contributed by atoms with E-state index in [9.17, 15) is 24.0 Å². The van der Waals surface area contributed by atoms with E-state index in [1.165, 1.54) is 30.0 Å². The normalized spacial score (nSPS) is 12.2. The summed E-state index contributed by atoms with van der Waals surface area (Å²) in [6.45, 7) is 3.39. The van der Waals surface area contributed by atoms with Gasteiger partial charge in [0.2, 0.25) is 5.91 Å². The fraction of sp³-hybridized carbons (Fsp3) is 0.156. The fourth-order valence-electron chi connectivity index (χ4n) is 5.42. The summed E-state index contributed by atoms with van der Waals surface area (Å²) in [6, 6.07) is 12.9. The molecule has 1 aliphatic rings. The van der Waals surface area contributed by atoms with Crippen LogP contribution in [0.15, 0.2) is 64.4 Å². The fourth-order valence-corrected chi connectivity index (χ4v) is 5.70. The summed E-state index contributed by atoms with van der Waals surface area (Å²) in [5.74, 6) is -0.620. The maximum absolute atomic E-state index is 14.4. The Hall–Kier alpha value is -5.27. The van der Waals surface area contributed by atoms with Crippen molar-refractivity contribution in [3.8, 4) is 28.6 Å². The summed E-state index contributed by atoms with van der Waals surface area (Å²) in [4.78, 5) is 44.4. The number of hydrogen-bond donors (Lipinski definition) is 1. The molecule has 3 heterocycles. The molecule has 0 saturated carbocycles. The van der Waals surface area contributed by atoms with E-state index in [0.717, 1.165) is 15.7 Å². The van der Waals surface area contributed by atoms with Crippen LogP contribution in [0.3, 0.4) is 0 Å². The van der Waals surface area contributed by atoms with Crippen molar-refractivity contribution < 1.29 is 13.9 Å². The summed E-state index contributed by atoms with van der Waals surface area (Å²) in [7, 11) is 1.42. The summed E-state index contributed by atoms with van der Waals surface area (Å²) in [5, 5.41) is 12.7. The number of carbonyl (C=O) groups is 1. The maximum atomic E-state index is 14.4. The van der Waals surface area contributed by atoms with Crippen molar-refractivity contribution in [1.82, 2.24) is 14.1 Å². The predicted octanol–water partition coefficient (Wildman–Crippen LogP) is 5.05. The van der Waals surface area contributed by atoms with Crippen LogP contribution in [-0.4, -0.2) is 27.1 Å². The third-order valence-corrected chi connectivity index (χ3v) is 7.87. The molecule has 0 saturated heterocycles. The zero-order valence-electron chi connectivity index (χ0n) is 23.3. The molecule has 43 heavy (non-hydrogen) atoms. The van der Waals surface area contributed by atoms with Crippen LogP contribution in [0.5, 0.6) is 5.75 Å². The zero-order chi connectivity index (χ0) is 30.6. The third-order valence-electron chi connectivity index (χ3n) is 7.55. The van der Waals surface area contributed by atoms with Crippen molar-refractivity contribution in [2.24, 2.45) is 0 Å².